The number of hydrogen-bond acceptors (Lipinski definition) is 8. The van der Waals surface area contributed by atoms with Crippen LogP contribution < -0.4 is 16.1 Å². The summed E-state index contributed by atoms with van der Waals surface area (Å²) in [5.41, 5.74) is 4.92. The number of hydrogen-bond donors (Lipinski definition) is 2. The molecule has 2 heterocycles. The summed E-state index contributed by atoms with van der Waals surface area (Å²) in [6.07, 6.45) is -0.296. The third-order valence-electron chi connectivity index (χ3n) is 3.66. The lowest BCUT2D eigenvalue weighted by atomic mass is 10.1. The van der Waals surface area contributed by atoms with E-state index in [-0.39, 0.29) is 18.5 Å². The van der Waals surface area contributed by atoms with Crippen LogP contribution in [0.15, 0.2) is 17.1 Å². The Morgan fingerprint density at radius 3 is 2.64 bits per heavy atom. The number of sulfonamides is 1. The number of nitrogens with zero attached hydrogens (tertiary/aromatic N) is 2. The van der Waals surface area contributed by atoms with Crippen LogP contribution in [-0.4, -0.2) is 62.3 Å². The number of nitrogens with one attached hydrogen (secondary N) is 1. The van der Waals surface area contributed by atoms with Gasteiger partial charge in [0.1, 0.15) is 24.1 Å². The number of nitrogen functional groups attached to an aromatic ring is 1. The Labute approximate surface area is 146 Å². The SMILES string of the molecule is CO[C@@H]1[C@H](OC(C)C)[C@@H](CNS(C)(=O)=O)O[C@H]1n1ccc(N)nc1=O. The predicted octanol–water partition coefficient (Wildman–Crippen LogP) is -0.919. The van der Waals surface area contributed by atoms with Crippen molar-refractivity contribution in [2.24, 2.45) is 0 Å². The molecule has 1 aliphatic heterocycles. The van der Waals surface area contributed by atoms with E-state index < -0.39 is 40.3 Å². The summed E-state index contributed by atoms with van der Waals surface area (Å²) in [6.45, 7) is 3.68. The molecule has 4 atom stereocenters. The Balaban J connectivity index is 2.32. The lowest BCUT2D eigenvalue weighted by molar-refractivity contribution is -0.0785. The zero-order valence-electron chi connectivity index (χ0n) is 14.6. The highest BCUT2D eigenvalue weighted by molar-refractivity contribution is 7.88. The van der Waals surface area contributed by atoms with Gasteiger partial charge in [-0.25, -0.2) is 17.9 Å². The molecule has 0 spiro atoms. The first kappa shape index (κ1) is 19.8. The number of aromatic nitrogens is 2. The lowest BCUT2D eigenvalue weighted by Crippen LogP contribution is -2.43. The van der Waals surface area contributed by atoms with E-state index in [0.29, 0.717) is 0 Å². The van der Waals surface area contributed by atoms with Gasteiger partial charge >= 0.3 is 5.69 Å². The van der Waals surface area contributed by atoms with Crippen LogP contribution in [0.25, 0.3) is 0 Å². The fraction of sp³-hybridized carbons (Fsp3) is 0.714. The first-order valence-corrected chi connectivity index (χ1v) is 9.64. The quantitative estimate of drug-likeness (QED) is 0.624. The maximum atomic E-state index is 12.1. The predicted molar refractivity (Wildman–Crippen MR) is 90.5 cm³/mol. The number of anilines is 1. The van der Waals surface area contributed by atoms with Gasteiger partial charge in [0.15, 0.2) is 6.23 Å². The maximum Gasteiger partial charge on any atom is 0.351 e. The van der Waals surface area contributed by atoms with E-state index in [1.807, 2.05) is 13.8 Å². The molecule has 11 heteroatoms. The molecule has 0 aromatic carbocycles. The highest BCUT2D eigenvalue weighted by Crippen LogP contribution is 2.33. The Hall–Kier alpha value is -1.53. The minimum atomic E-state index is -3.41. The molecule has 0 unspecified atom stereocenters. The average molecular weight is 376 g/mol. The fourth-order valence-electron chi connectivity index (χ4n) is 2.68. The Morgan fingerprint density at radius 1 is 1.44 bits per heavy atom. The van der Waals surface area contributed by atoms with Crippen LogP contribution in [0, 0.1) is 0 Å². The minimum absolute atomic E-state index is 0.0102. The molecule has 1 aliphatic rings. The molecular formula is C14H24N4O6S. The van der Waals surface area contributed by atoms with E-state index >= 15 is 0 Å². The van der Waals surface area contributed by atoms with Crippen LogP contribution in [-0.2, 0) is 24.2 Å². The van der Waals surface area contributed by atoms with Crippen LogP contribution in [0.1, 0.15) is 20.1 Å². The van der Waals surface area contributed by atoms with E-state index in [1.54, 1.807) is 0 Å². The lowest BCUT2D eigenvalue weighted by Gasteiger charge is -2.25. The molecule has 1 aromatic heterocycles. The summed E-state index contributed by atoms with van der Waals surface area (Å²) in [4.78, 5) is 15.8. The van der Waals surface area contributed by atoms with Crippen molar-refractivity contribution in [2.75, 3.05) is 25.6 Å². The first-order chi connectivity index (χ1) is 11.6. The smallest absolute Gasteiger partial charge is 0.351 e. The summed E-state index contributed by atoms with van der Waals surface area (Å²) >= 11 is 0. The molecule has 3 N–H and O–H groups in total. The van der Waals surface area contributed by atoms with Crippen LogP contribution in [0.2, 0.25) is 0 Å². The molecule has 0 radical (unpaired) electrons. The second kappa shape index (κ2) is 7.79. The van der Waals surface area contributed by atoms with Gasteiger partial charge in [0.2, 0.25) is 10.0 Å². The molecule has 25 heavy (non-hydrogen) atoms. The van der Waals surface area contributed by atoms with E-state index in [4.69, 9.17) is 19.9 Å². The maximum absolute atomic E-state index is 12.1. The molecule has 10 nitrogen and oxygen atoms in total. The third kappa shape index (κ3) is 4.98. The monoisotopic (exact) mass is 376 g/mol. The van der Waals surface area contributed by atoms with Crippen LogP contribution in [0.3, 0.4) is 0 Å². The largest absolute Gasteiger partial charge is 0.383 e. The summed E-state index contributed by atoms with van der Waals surface area (Å²) in [7, 11) is -1.94. The van der Waals surface area contributed by atoms with Gasteiger partial charge < -0.3 is 19.9 Å². The van der Waals surface area contributed by atoms with Crippen molar-refractivity contribution in [3.8, 4) is 0 Å². The number of ether oxygens (including phenoxy) is 3. The average Bonchev–Trinajstić information content (AvgIpc) is 2.81. The van der Waals surface area contributed by atoms with Crippen molar-refractivity contribution in [3.63, 3.8) is 0 Å². The zero-order chi connectivity index (χ0) is 18.8. The standard InChI is InChI=1S/C14H24N4O6S/c1-8(2)23-11-9(7-16-25(4,20)21)24-13(12(11)22-3)18-6-5-10(15)17-14(18)19/h5-6,8-9,11-13,16H,7H2,1-4H3,(H2,15,17,19)/t9-,11-,12-,13-/m1/s1. The molecule has 2 rings (SSSR count). The molecule has 1 saturated heterocycles. The number of methoxy groups -OCH3 is 1. The third-order valence-corrected chi connectivity index (χ3v) is 4.35. The van der Waals surface area contributed by atoms with Crippen LogP contribution >= 0.6 is 0 Å². The summed E-state index contributed by atoms with van der Waals surface area (Å²) in [5, 5.41) is 0. The molecule has 1 fully saturated rings. The van der Waals surface area contributed by atoms with E-state index in [0.717, 1.165) is 6.26 Å². The van der Waals surface area contributed by atoms with Crippen molar-refractivity contribution in [3.05, 3.63) is 22.7 Å². The molecule has 0 amide bonds. The van der Waals surface area contributed by atoms with Crippen molar-refractivity contribution in [1.82, 2.24) is 14.3 Å². The van der Waals surface area contributed by atoms with Gasteiger partial charge in [-0.05, 0) is 19.9 Å². The second-order valence-corrected chi connectivity index (χ2v) is 7.91. The highest BCUT2D eigenvalue weighted by atomic mass is 32.2. The Kier molecular flexibility index (Phi) is 6.16. The fourth-order valence-corrected chi connectivity index (χ4v) is 3.15. The van der Waals surface area contributed by atoms with Crippen LogP contribution in [0.5, 0.6) is 0 Å². The Bertz CT molecular complexity index is 750. The van der Waals surface area contributed by atoms with Gasteiger partial charge in [0, 0.05) is 19.9 Å². The second-order valence-electron chi connectivity index (χ2n) is 6.08. The van der Waals surface area contributed by atoms with Crippen molar-refractivity contribution < 1.29 is 22.6 Å². The van der Waals surface area contributed by atoms with Crippen molar-refractivity contribution in [2.45, 2.75) is 44.5 Å². The van der Waals surface area contributed by atoms with Gasteiger partial charge in [0.05, 0.1) is 12.4 Å². The normalized spacial score (nSPS) is 27.1. The summed E-state index contributed by atoms with van der Waals surface area (Å²) in [6, 6.07) is 1.47. The van der Waals surface area contributed by atoms with E-state index in [2.05, 4.69) is 9.71 Å². The topological polar surface area (TPSA) is 135 Å². The molecule has 0 saturated carbocycles. The van der Waals surface area contributed by atoms with Crippen molar-refractivity contribution in [1.29, 1.82) is 0 Å². The van der Waals surface area contributed by atoms with Crippen molar-refractivity contribution >= 4 is 15.8 Å². The van der Waals surface area contributed by atoms with E-state index in [9.17, 15) is 13.2 Å². The molecule has 0 bridgehead atoms. The number of nitrogens with two attached hydrogens (primary N) is 1. The van der Waals surface area contributed by atoms with Crippen LogP contribution in [0.4, 0.5) is 5.82 Å². The Morgan fingerprint density at radius 2 is 2.12 bits per heavy atom. The van der Waals surface area contributed by atoms with Gasteiger partial charge in [-0.2, -0.15) is 4.98 Å². The summed E-state index contributed by atoms with van der Waals surface area (Å²) < 4.78 is 43.7. The highest BCUT2D eigenvalue weighted by Gasteiger charge is 2.47. The first-order valence-electron chi connectivity index (χ1n) is 7.75. The van der Waals surface area contributed by atoms with Gasteiger partial charge in [-0.3, -0.25) is 4.57 Å². The zero-order valence-corrected chi connectivity index (χ0v) is 15.4. The minimum Gasteiger partial charge on any atom is -0.383 e. The molecule has 142 valence electrons. The summed E-state index contributed by atoms with van der Waals surface area (Å²) in [5.74, 6) is 0.0958. The van der Waals surface area contributed by atoms with E-state index in [1.165, 1.54) is 23.9 Å². The van der Waals surface area contributed by atoms with Gasteiger partial charge in [0.25, 0.3) is 0 Å². The molecule has 0 aliphatic carbocycles. The molecular weight excluding hydrogens is 352 g/mol. The van der Waals surface area contributed by atoms with Gasteiger partial charge in [-0.15, -0.1) is 0 Å². The molecule has 1 aromatic rings. The number of rotatable bonds is 7. The van der Waals surface area contributed by atoms with Gasteiger partial charge in [-0.1, -0.05) is 0 Å².